The molecule has 0 spiro atoms. The summed E-state index contributed by atoms with van der Waals surface area (Å²) in [6.45, 7) is 3.48. The number of hydrogen-bond acceptors (Lipinski definition) is 8. The maximum Gasteiger partial charge on any atom is 0.339 e. The van der Waals surface area contributed by atoms with Gasteiger partial charge in [0.15, 0.2) is 17.1 Å². The zero-order chi connectivity index (χ0) is 33.1. The molecular weight excluding hydrogens is 654 g/mol. The molecule has 0 heterocycles. The van der Waals surface area contributed by atoms with E-state index in [1.807, 2.05) is 0 Å². The lowest BCUT2D eigenvalue weighted by Gasteiger charge is -2.62. The van der Waals surface area contributed by atoms with E-state index in [-0.39, 0.29) is 35.0 Å². The van der Waals surface area contributed by atoms with Crippen molar-refractivity contribution in [2.45, 2.75) is 74.0 Å². The molecule has 0 aliphatic heterocycles. The lowest BCUT2D eigenvalue weighted by Crippen LogP contribution is -2.69. The molecular formula is C35H35ClF2O6S2. The number of esters is 1. The highest BCUT2D eigenvalue weighted by Gasteiger charge is 2.75. The van der Waals surface area contributed by atoms with E-state index in [0.29, 0.717) is 42.4 Å². The summed E-state index contributed by atoms with van der Waals surface area (Å²) in [7, 11) is 0. The first-order chi connectivity index (χ1) is 21.8. The van der Waals surface area contributed by atoms with Crippen LogP contribution in [0.5, 0.6) is 5.75 Å². The Labute approximate surface area is 280 Å². The predicted molar refractivity (Wildman–Crippen MR) is 174 cm³/mol. The molecule has 0 radical (unpaired) electrons. The molecule has 2 N–H and O–H groups in total. The second-order valence-corrected chi connectivity index (χ2v) is 15.5. The molecule has 3 saturated carbocycles. The summed E-state index contributed by atoms with van der Waals surface area (Å²) in [4.78, 5) is 40.4. The van der Waals surface area contributed by atoms with Gasteiger partial charge < -0.3 is 14.9 Å². The number of halogens is 3. The van der Waals surface area contributed by atoms with E-state index in [4.69, 9.17) is 16.3 Å². The van der Waals surface area contributed by atoms with Crippen molar-refractivity contribution in [2.75, 3.05) is 6.01 Å². The number of thioether (sulfide) groups is 2. The minimum atomic E-state index is -2.10. The van der Waals surface area contributed by atoms with E-state index in [0.717, 1.165) is 10.5 Å². The standard InChI is InChI=1S/C35H35ClF2O6S2/c1-32-13-11-23(39)15-22(32)7-9-26-25-12-14-34(31(43)46-19-37,33(25,2)17-29(41)35(26,32)38)44-30(42)21-5-3-20(4-6-21)18-45-24-8-10-28(40)27(36)16-24/h3-6,8,10-11,13,15-16,25-26,29,40-41H,7,9,12,14,17-19H2,1-2H3/t25?,26?,29-,32-,33-,34-,35?/m0/s1. The van der Waals surface area contributed by atoms with Crippen LogP contribution < -0.4 is 0 Å². The zero-order valence-corrected chi connectivity index (χ0v) is 27.8. The average molecular weight is 689 g/mol. The van der Waals surface area contributed by atoms with Gasteiger partial charge in [-0.05, 0) is 105 Å². The van der Waals surface area contributed by atoms with Crippen molar-refractivity contribution >= 4 is 52.0 Å². The first kappa shape index (κ1) is 33.2. The number of ketones is 1. The number of alkyl halides is 2. The van der Waals surface area contributed by atoms with Gasteiger partial charge in [0.25, 0.3) is 0 Å². The van der Waals surface area contributed by atoms with Crippen molar-refractivity contribution < 1.29 is 38.1 Å². The third kappa shape index (κ3) is 5.06. The number of benzene rings is 2. The van der Waals surface area contributed by atoms with Crippen LogP contribution in [0.15, 0.2) is 71.2 Å². The van der Waals surface area contributed by atoms with Crippen molar-refractivity contribution in [2.24, 2.45) is 22.7 Å². The van der Waals surface area contributed by atoms with Gasteiger partial charge in [-0.2, -0.15) is 0 Å². The Morgan fingerprint density at radius 1 is 1.11 bits per heavy atom. The van der Waals surface area contributed by atoms with Gasteiger partial charge in [0.05, 0.1) is 16.7 Å². The predicted octanol–water partition coefficient (Wildman–Crippen LogP) is 7.79. The second kappa shape index (κ2) is 12.1. The Morgan fingerprint density at radius 3 is 2.54 bits per heavy atom. The van der Waals surface area contributed by atoms with Crippen LogP contribution in [0, 0.1) is 22.7 Å². The molecule has 0 aromatic heterocycles. The molecule has 4 aliphatic carbocycles. The summed E-state index contributed by atoms with van der Waals surface area (Å²) in [5.74, 6) is -1.50. The van der Waals surface area contributed by atoms with Crippen molar-refractivity contribution in [3.63, 3.8) is 0 Å². The molecule has 3 unspecified atom stereocenters. The zero-order valence-electron chi connectivity index (χ0n) is 25.4. The smallest absolute Gasteiger partial charge is 0.339 e. The number of hydrogen-bond donors (Lipinski definition) is 2. The summed E-state index contributed by atoms with van der Waals surface area (Å²) in [6, 6.07) is 10.7. The fourth-order valence-corrected chi connectivity index (χ4v) is 10.5. The SMILES string of the molecule is C[C@]12C=CC(=O)C=C1CCC1C3CC[C@](OC(=O)c4ccc(CSc5ccc(O)c(Cl)c5)cc4)(C(=O)SCF)[C@@]3(C)C[C@H](O)C12F. The number of aliphatic hydroxyl groups is 1. The Bertz CT molecular complexity index is 1650. The van der Waals surface area contributed by atoms with Gasteiger partial charge in [0, 0.05) is 27.4 Å². The summed E-state index contributed by atoms with van der Waals surface area (Å²) in [6.07, 6.45) is 3.97. The van der Waals surface area contributed by atoms with Crippen LogP contribution in [0.25, 0.3) is 0 Å². The normalized spacial score (nSPS) is 34.7. The summed E-state index contributed by atoms with van der Waals surface area (Å²) in [5.41, 5.74) is -4.46. The Hall–Kier alpha value is -2.66. The molecule has 2 aromatic carbocycles. The van der Waals surface area contributed by atoms with Crippen molar-refractivity contribution in [1.29, 1.82) is 0 Å². The van der Waals surface area contributed by atoms with Gasteiger partial charge in [-0.1, -0.05) is 42.3 Å². The quantitative estimate of drug-likeness (QED) is 0.225. The van der Waals surface area contributed by atoms with Crippen LogP contribution >= 0.6 is 35.1 Å². The Morgan fingerprint density at radius 2 is 1.85 bits per heavy atom. The molecule has 0 amide bonds. The molecule has 11 heteroatoms. The van der Waals surface area contributed by atoms with Gasteiger partial charge >= 0.3 is 5.97 Å². The highest BCUT2D eigenvalue weighted by atomic mass is 35.5. The van der Waals surface area contributed by atoms with Crippen molar-refractivity contribution in [1.82, 2.24) is 0 Å². The lowest BCUT2D eigenvalue weighted by molar-refractivity contribution is -0.214. The first-order valence-electron chi connectivity index (χ1n) is 15.3. The second-order valence-electron chi connectivity index (χ2n) is 13.2. The molecule has 0 saturated heterocycles. The minimum Gasteiger partial charge on any atom is -0.506 e. The average Bonchev–Trinajstić information content (AvgIpc) is 3.31. The number of rotatable bonds is 7. The van der Waals surface area contributed by atoms with Gasteiger partial charge in [-0.25, -0.2) is 13.6 Å². The number of allylic oxidation sites excluding steroid dienone is 4. The number of carbonyl (C=O) groups excluding carboxylic acids is 3. The molecule has 0 bridgehead atoms. The third-order valence-corrected chi connectivity index (χ3v) is 13.1. The van der Waals surface area contributed by atoms with Gasteiger partial charge in [-0.15, -0.1) is 11.8 Å². The summed E-state index contributed by atoms with van der Waals surface area (Å²) < 4.78 is 37.3. The fourth-order valence-electron chi connectivity index (χ4n) is 8.61. The Balaban J connectivity index is 1.26. The molecule has 3 fully saturated rings. The van der Waals surface area contributed by atoms with Crippen LogP contribution in [0.3, 0.4) is 0 Å². The Kier molecular flexibility index (Phi) is 8.74. The van der Waals surface area contributed by atoms with Crippen LogP contribution in [-0.2, 0) is 20.1 Å². The highest BCUT2D eigenvalue weighted by Crippen LogP contribution is 2.70. The van der Waals surface area contributed by atoms with E-state index in [1.54, 1.807) is 56.3 Å². The molecule has 244 valence electrons. The number of carbonyl (C=O) groups is 3. The van der Waals surface area contributed by atoms with Crippen molar-refractivity contribution in [3.8, 4) is 5.75 Å². The molecule has 4 aliphatic rings. The van der Waals surface area contributed by atoms with Crippen molar-refractivity contribution in [3.05, 3.63) is 82.4 Å². The number of aromatic hydroxyl groups is 1. The summed E-state index contributed by atoms with van der Waals surface area (Å²) >= 11 is 7.93. The van der Waals surface area contributed by atoms with Gasteiger partial charge in [0.2, 0.25) is 5.12 Å². The monoisotopic (exact) mass is 688 g/mol. The van der Waals surface area contributed by atoms with Crippen LogP contribution in [0.2, 0.25) is 5.02 Å². The molecule has 2 aromatic rings. The summed E-state index contributed by atoms with van der Waals surface area (Å²) in [5, 5.41) is 20.9. The van der Waals surface area contributed by atoms with Crippen LogP contribution in [0.1, 0.15) is 61.9 Å². The van der Waals surface area contributed by atoms with E-state index in [1.165, 1.54) is 30.0 Å². The fraction of sp³-hybridized carbons (Fsp3) is 0.457. The number of fused-ring (bicyclic) bond motifs is 5. The molecule has 7 atom stereocenters. The topological polar surface area (TPSA) is 101 Å². The van der Waals surface area contributed by atoms with Gasteiger partial charge in [0.1, 0.15) is 11.8 Å². The number of ether oxygens (including phenoxy) is 1. The van der Waals surface area contributed by atoms with E-state index in [9.17, 15) is 29.0 Å². The number of aliphatic hydroxyl groups excluding tert-OH is 1. The number of phenols is 1. The number of phenolic OH excluding ortho intramolecular Hbond substituents is 1. The largest absolute Gasteiger partial charge is 0.506 e. The molecule has 46 heavy (non-hydrogen) atoms. The maximum atomic E-state index is 17.5. The van der Waals surface area contributed by atoms with Crippen LogP contribution in [0.4, 0.5) is 8.78 Å². The third-order valence-electron chi connectivity index (χ3n) is 11.1. The van der Waals surface area contributed by atoms with E-state index < -0.39 is 57.1 Å². The highest BCUT2D eigenvalue weighted by molar-refractivity contribution is 8.13. The van der Waals surface area contributed by atoms with E-state index >= 15 is 4.39 Å². The van der Waals surface area contributed by atoms with Crippen LogP contribution in [-0.4, -0.2) is 50.5 Å². The minimum absolute atomic E-state index is 0.00243. The van der Waals surface area contributed by atoms with E-state index in [2.05, 4.69) is 0 Å². The molecule has 6 nitrogen and oxygen atoms in total. The first-order valence-corrected chi connectivity index (χ1v) is 17.6. The lowest BCUT2D eigenvalue weighted by atomic mass is 9.45. The molecule has 6 rings (SSSR count). The maximum absolute atomic E-state index is 17.5. The van der Waals surface area contributed by atoms with Gasteiger partial charge in [-0.3, -0.25) is 9.59 Å².